The number of hydrogen-bond donors (Lipinski definition) is 0. The van der Waals surface area contributed by atoms with Crippen LogP contribution in [0, 0.1) is 5.92 Å². The Hall–Kier alpha value is -1.87. The molecule has 0 unspecified atom stereocenters. The fraction of sp³-hybridized carbons (Fsp3) is 0.478. The Morgan fingerprint density at radius 3 is 2.46 bits per heavy atom. The zero-order chi connectivity index (χ0) is 18.0. The summed E-state index contributed by atoms with van der Waals surface area (Å²) in [5.74, 6) is 1.61. The fourth-order valence-corrected chi connectivity index (χ4v) is 3.75. The Bertz CT molecular complexity index is 638. The molecule has 0 aromatic heterocycles. The highest BCUT2D eigenvalue weighted by Gasteiger charge is 2.18. The minimum Gasteiger partial charge on any atom is -0.491 e. The Balaban J connectivity index is 1.36. The van der Waals surface area contributed by atoms with Gasteiger partial charge in [-0.15, -0.1) is 0 Å². The molecule has 1 saturated heterocycles. The summed E-state index contributed by atoms with van der Waals surface area (Å²) in [6, 6.07) is 18.9. The Labute approximate surface area is 157 Å². The second-order valence-corrected chi connectivity index (χ2v) is 7.24. The number of aryl methyl sites for hydroxylation is 1. The number of benzene rings is 2. The lowest BCUT2D eigenvalue weighted by Crippen LogP contribution is -2.35. The highest BCUT2D eigenvalue weighted by molar-refractivity contribution is 5.28. The minimum absolute atomic E-state index is 0.144. The van der Waals surface area contributed by atoms with Crippen LogP contribution in [0.5, 0.6) is 5.75 Å². The summed E-state index contributed by atoms with van der Waals surface area (Å²) in [5, 5.41) is 0. The largest absolute Gasteiger partial charge is 0.491 e. The van der Waals surface area contributed by atoms with Gasteiger partial charge in [-0.3, -0.25) is 0 Å². The highest BCUT2D eigenvalue weighted by atomic mass is 19.1. The van der Waals surface area contributed by atoms with Gasteiger partial charge in [0.15, 0.2) is 0 Å². The highest BCUT2D eigenvalue weighted by Crippen LogP contribution is 2.24. The predicted octanol–water partition coefficient (Wildman–Crippen LogP) is 4.92. The third-order valence-corrected chi connectivity index (χ3v) is 5.35. The molecule has 0 bridgehead atoms. The summed E-state index contributed by atoms with van der Waals surface area (Å²) in [7, 11) is 0. The van der Waals surface area contributed by atoms with Crippen molar-refractivity contribution in [1.29, 1.82) is 0 Å². The van der Waals surface area contributed by atoms with E-state index in [9.17, 15) is 4.39 Å². The second-order valence-electron chi connectivity index (χ2n) is 7.24. The molecular weight excluding hydrogens is 325 g/mol. The monoisotopic (exact) mass is 355 g/mol. The van der Waals surface area contributed by atoms with Crippen LogP contribution in [0.1, 0.15) is 30.4 Å². The van der Waals surface area contributed by atoms with Gasteiger partial charge in [-0.05, 0) is 74.4 Å². The van der Waals surface area contributed by atoms with Crippen molar-refractivity contribution in [3.8, 4) is 5.75 Å². The van der Waals surface area contributed by atoms with Crippen molar-refractivity contribution in [2.45, 2.75) is 32.1 Å². The standard InChI is InChI=1S/C23H30FNO/c24-14-18-26-23-8-4-7-22(19-23)10-9-21-12-16-25(17-13-21)15-11-20-5-2-1-3-6-20/h1-8,19,21H,9-18H2. The smallest absolute Gasteiger partial charge is 0.123 e. The first-order valence-electron chi connectivity index (χ1n) is 9.87. The summed E-state index contributed by atoms with van der Waals surface area (Å²) in [5.41, 5.74) is 2.73. The lowest BCUT2D eigenvalue weighted by Gasteiger charge is -2.32. The molecule has 1 aliphatic heterocycles. The van der Waals surface area contributed by atoms with Crippen LogP contribution in [0.4, 0.5) is 4.39 Å². The van der Waals surface area contributed by atoms with E-state index >= 15 is 0 Å². The van der Waals surface area contributed by atoms with Crippen LogP contribution in [-0.2, 0) is 12.8 Å². The molecule has 3 rings (SSSR count). The number of ether oxygens (including phenoxy) is 1. The molecule has 0 N–H and O–H groups in total. The van der Waals surface area contributed by atoms with Gasteiger partial charge in [-0.25, -0.2) is 4.39 Å². The van der Waals surface area contributed by atoms with Gasteiger partial charge in [-0.2, -0.15) is 0 Å². The molecule has 0 radical (unpaired) electrons. The average Bonchev–Trinajstić information content (AvgIpc) is 2.71. The molecular formula is C23H30FNO. The normalized spacial score (nSPS) is 15.9. The predicted molar refractivity (Wildman–Crippen MR) is 106 cm³/mol. The molecule has 3 heteroatoms. The van der Waals surface area contributed by atoms with Gasteiger partial charge in [0.1, 0.15) is 19.0 Å². The Morgan fingerprint density at radius 2 is 1.69 bits per heavy atom. The molecule has 2 nitrogen and oxygen atoms in total. The maximum Gasteiger partial charge on any atom is 0.123 e. The van der Waals surface area contributed by atoms with E-state index in [1.165, 1.54) is 50.0 Å². The van der Waals surface area contributed by atoms with Crippen LogP contribution in [0.3, 0.4) is 0 Å². The van der Waals surface area contributed by atoms with Crippen LogP contribution in [0.15, 0.2) is 54.6 Å². The van der Waals surface area contributed by atoms with Crippen LogP contribution < -0.4 is 4.74 Å². The molecule has 1 fully saturated rings. The van der Waals surface area contributed by atoms with Crippen LogP contribution in [0.25, 0.3) is 0 Å². The maximum absolute atomic E-state index is 12.2. The summed E-state index contributed by atoms with van der Waals surface area (Å²) < 4.78 is 17.6. The van der Waals surface area contributed by atoms with Crippen molar-refractivity contribution in [1.82, 2.24) is 4.90 Å². The van der Waals surface area contributed by atoms with Crippen molar-refractivity contribution in [2.24, 2.45) is 5.92 Å². The molecule has 0 spiro atoms. The Morgan fingerprint density at radius 1 is 0.923 bits per heavy atom. The van der Waals surface area contributed by atoms with Crippen LogP contribution >= 0.6 is 0 Å². The van der Waals surface area contributed by atoms with Crippen molar-refractivity contribution >= 4 is 0 Å². The van der Waals surface area contributed by atoms with E-state index in [1.807, 2.05) is 12.1 Å². The second kappa shape index (κ2) is 10.3. The summed E-state index contributed by atoms with van der Waals surface area (Å²) >= 11 is 0. The molecule has 140 valence electrons. The number of likely N-dealkylation sites (tertiary alicyclic amines) is 1. The molecule has 0 amide bonds. The van der Waals surface area contributed by atoms with E-state index in [-0.39, 0.29) is 6.61 Å². The number of rotatable bonds is 9. The van der Waals surface area contributed by atoms with Gasteiger partial charge < -0.3 is 9.64 Å². The lowest BCUT2D eigenvalue weighted by atomic mass is 9.90. The van der Waals surface area contributed by atoms with Crippen molar-refractivity contribution in [2.75, 3.05) is 32.9 Å². The molecule has 0 atom stereocenters. The summed E-state index contributed by atoms with van der Waals surface area (Å²) in [6.07, 6.45) is 6.07. The summed E-state index contributed by atoms with van der Waals surface area (Å²) in [4.78, 5) is 2.61. The van der Waals surface area contributed by atoms with Gasteiger partial charge in [0.05, 0.1) is 0 Å². The topological polar surface area (TPSA) is 12.5 Å². The first-order chi connectivity index (χ1) is 12.8. The van der Waals surface area contributed by atoms with E-state index in [0.717, 1.165) is 24.5 Å². The minimum atomic E-state index is -0.437. The van der Waals surface area contributed by atoms with E-state index < -0.39 is 6.67 Å². The molecule has 26 heavy (non-hydrogen) atoms. The third kappa shape index (κ3) is 6.14. The Kier molecular flexibility index (Phi) is 7.51. The van der Waals surface area contributed by atoms with Gasteiger partial charge >= 0.3 is 0 Å². The van der Waals surface area contributed by atoms with Gasteiger partial charge in [-0.1, -0.05) is 42.5 Å². The number of halogens is 1. The third-order valence-electron chi connectivity index (χ3n) is 5.35. The maximum atomic E-state index is 12.2. The van der Waals surface area contributed by atoms with E-state index in [4.69, 9.17) is 4.74 Å². The quantitative estimate of drug-likeness (QED) is 0.633. The van der Waals surface area contributed by atoms with Crippen LogP contribution in [-0.4, -0.2) is 37.8 Å². The van der Waals surface area contributed by atoms with Gasteiger partial charge in [0, 0.05) is 6.54 Å². The molecule has 0 aliphatic carbocycles. The number of nitrogens with zero attached hydrogens (tertiary/aromatic N) is 1. The lowest BCUT2D eigenvalue weighted by molar-refractivity contribution is 0.181. The van der Waals surface area contributed by atoms with E-state index in [2.05, 4.69) is 47.4 Å². The first kappa shape index (κ1) is 18.9. The zero-order valence-electron chi connectivity index (χ0n) is 15.6. The molecule has 2 aromatic rings. The van der Waals surface area contributed by atoms with E-state index in [1.54, 1.807) is 0 Å². The fourth-order valence-electron chi connectivity index (χ4n) is 3.75. The number of alkyl halides is 1. The molecule has 0 saturated carbocycles. The van der Waals surface area contributed by atoms with Crippen LogP contribution in [0.2, 0.25) is 0 Å². The van der Waals surface area contributed by atoms with Crippen molar-refractivity contribution in [3.63, 3.8) is 0 Å². The molecule has 1 heterocycles. The van der Waals surface area contributed by atoms with Gasteiger partial charge in [0.2, 0.25) is 0 Å². The number of piperidine rings is 1. The SMILES string of the molecule is FCCOc1cccc(CCC2CCN(CCc3ccccc3)CC2)c1. The van der Waals surface area contributed by atoms with Crippen molar-refractivity contribution in [3.05, 3.63) is 65.7 Å². The average molecular weight is 355 g/mol. The van der Waals surface area contributed by atoms with E-state index in [0.29, 0.717) is 0 Å². The van der Waals surface area contributed by atoms with Gasteiger partial charge in [0.25, 0.3) is 0 Å². The first-order valence-corrected chi connectivity index (χ1v) is 9.87. The molecule has 2 aromatic carbocycles. The van der Waals surface area contributed by atoms with Crippen molar-refractivity contribution < 1.29 is 9.13 Å². The number of hydrogen-bond acceptors (Lipinski definition) is 2. The summed E-state index contributed by atoms with van der Waals surface area (Å²) in [6.45, 7) is 3.32. The zero-order valence-corrected chi connectivity index (χ0v) is 15.6. The molecule has 1 aliphatic rings.